The summed E-state index contributed by atoms with van der Waals surface area (Å²) in [6, 6.07) is 12.0. The molecule has 2 aromatic carbocycles. The molecule has 0 bridgehead atoms. The SMILES string of the molecule is O=CCOc1ccc2cc(I)ccc2c1. The molecule has 0 aliphatic carbocycles. The Labute approximate surface area is 101 Å². The summed E-state index contributed by atoms with van der Waals surface area (Å²) in [6.07, 6.45) is 0.748. The molecule has 0 saturated carbocycles. The summed E-state index contributed by atoms with van der Waals surface area (Å²) in [5.41, 5.74) is 0. The number of halogens is 1. The van der Waals surface area contributed by atoms with Crippen LogP contribution in [0.2, 0.25) is 0 Å². The van der Waals surface area contributed by atoms with Crippen LogP contribution in [0.3, 0.4) is 0 Å². The molecule has 0 atom stereocenters. The third-order valence-corrected chi connectivity index (χ3v) is 2.76. The fourth-order valence-electron chi connectivity index (χ4n) is 1.41. The molecule has 0 N–H and O–H groups in total. The molecule has 2 rings (SSSR count). The third kappa shape index (κ3) is 2.47. The zero-order valence-electron chi connectivity index (χ0n) is 7.94. The average molecular weight is 312 g/mol. The van der Waals surface area contributed by atoms with Gasteiger partial charge in [0.2, 0.25) is 0 Å². The van der Waals surface area contributed by atoms with Gasteiger partial charge in [-0.3, -0.25) is 4.79 Å². The number of carbonyl (C=O) groups excluding carboxylic acids is 1. The topological polar surface area (TPSA) is 26.3 Å². The number of hydrogen-bond donors (Lipinski definition) is 0. The van der Waals surface area contributed by atoms with Crippen LogP contribution in [0.4, 0.5) is 0 Å². The number of aldehydes is 1. The summed E-state index contributed by atoms with van der Waals surface area (Å²) < 4.78 is 6.43. The van der Waals surface area contributed by atoms with Crippen LogP contribution in [0, 0.1) is 3.57 Å². The normalized spacial score (nSPS) is 10.2. The Hall–Kier alpha value is -1.10. The molecular formula is C12H9IO2. The second kappa shape index (κ2) is 4.61. The van der Waals surface area contributed by atoms with Crippen LogP contribution in [-0.2, 0) is 4.79 Å². The Morgan fingerprint density at radius 2 is 1.87 bits per heavy atom. The molecule has 0 saturated heterocycles. The van der Waals surface area contributed by atoms with E-state index in [-0.39, 0.29) is 6.61 Å². The monoisotopic (exact) mass is 312 g/mol. The first-order valence-electron chi connectivity index (χ1n) is 4.55. The highest BCUT2D eigenvalue weighted by molar-refractivity contribution is 14.1. The molecule has 0 aliphatic heterocycles. The maximum atomic E-state index is 10.2. The van der Waals surface area contributed by atoms with Gasteiger partial charge in [0.1, 0.15) is 12.4 Å². The van der Waals surface area contributed by atoms with Gasteiger partial charge in [-0.05, 0) is 57.6 Å². The number of fused-ring (bicyclic) bond motifs is 1. The van der Waals surface area contributed by atoms with Crippen LogP contribution < -0.4 is 4.74 Å². The summed E-state index contributed by atoms with van der Waals surface area (Å²) in [5.74, 6) is 0.732. The molecular weight excluding hydrogens is 303 g/mol. The smallest absolute Gasteiger partial charge is 0.157 e. The van der Waals surface area contributed by atoms with Crippen molar-refractivity contribution in [2.24, 2.45) is 0 Å². The minimum absolute atomic E-state index is 0.107. The standard InChI is InChI=1S/C12H9IO2/c13-11-3-1-10-8-12(15-6-5-14)4-2-9(10)7-11/h1-5,7-8H,6H2. The van der Waals surface area contributed by atoms with Crippen LogP contribution in [0.5, 0.6) is 5.75 Å². The molecule has 76 valence electrons. The zero-order valence-corrected chi connectivity index (χ0v) is 10.1. The van der Waals surface area contributed by atoms with Crippen molar-refractivity contribution in [1.29, 1.82) is 0 Å². The van der Waals surface area contributed by atoms with Gasteiger partial charge >= 0.3 is 0 Å². The van der Waals surface area contributed by atoms with E-state index in [1.807, 2.05) is 30.3 Å². The number of ether oxygens (including phenoxy) is 1. The lowest BCUT2D eigenvalue weighted by Crippen LogP contribution is -1.97. The van der Waals surface area contributed by atoms with Crippen molar-refractivity contribution in [3.63, 3.8) is 0 Å². The Bertz CT molecular complexity index is 494. The van der Waals surface area contributed by atoms with Crippen LogP contribution in [0.15, 0.2) is 36.4 Å². The Kier molecular flexibility index (Phi) is 3.20. The highest BCUT2D eigenvalue weighted by atomic mass is 127. The molecule has 0 fully saturated rings. The van der Waals surface area contributed by atoms with Crippen LogP contribution in [-0.4, -0.2) is 12.9 Å². The van der Waals surface area contributed by atoms with Gasteiger partial charge < -0.3 is 4.74 Å². The predicted molar refractivity (Wildman–Crippen MR) is 68.2 cm³/mol. The Morgan fingerprint density at radius 1 is 1.13 bits per heavy atom. The number of benzene rings is 2. The van der Waals surface area contributed by atoms with Crippen molar-refractivity contribution in [2.45, 2.75) is 0 Å². The van der Waals surface area contributed by atoms with Gasteiger partial charge in [0.05, 0.1) is 0 Å². The molecule has 0 radical (unpaired) electrons. The van der Waals surface area contributed by atoms with Gasteiger partial charge in [-0.25, -0.2) is 0 Å². The summed E-state index contributed by atoms with van der Waals surface area (Å²) in [6.45, 7) is 0.107. The largest absolute Gasteiger partial charge is 0.486 e. The minimum atomic E-state index is 0.107. The summed E-state index contributed by atoms with van der Waals surface area (Å²) >= 11 is 2.28. The maximum absolute atomic E-state index is 10.2. The van der Waals surface area contributed by atoms with Gasteiger partial charge in [0.15, 0.2) is 6.29 Å². The van der Waals surface area contributed by atoms with Crippen LogP contribution in [0.1, 0.15) is 0 Å². The highest BCUT2D eigenvalue weighted by Gasteiger charge is 1.97. The van der Waals surface area contributed by atoms with Gasteiger partial charge in [-0.1, -0.05) is 12.1 Å². The number of rotatable bonds is 3. The van der Waals surface area contributed by atoms with Gasteiger partial charge in [0.25, 0.3) is 0 Å². The van der Waals surface area contributed by atoms with E-state index in [1.54, 1.807) is 0 Å². The molecule has 15 heavy (non-hydrogen) atoms. The Balaban J connectivity index is 2.38. The fraction of sp³-hybridized carbons (Fsp3) is 0.0833. The van der Waals surface area contributed by atoms with Crippen LogP contribution >= 0.6 is 22.6 Å². The first-order chi connectivity index (χ1) is 7.29. The molecule has 0 heterocycles. The second-order valence-corrected chi connectivity index (χ2v) is 4.38. The van der Waals surface area contributed by atoms with E-state index < -0.39 is 0 Å². The van der Waals surface area contributed by atoms with Crippen molar-refractivity contribution in [3.05, 3.63) is 40.0 Å². The third-order valence-electron chi connectivity index (χ3n) is 2.09. The quantitative estimate of drug-likeness (QED) is 0.643. The lowest BCUT2D eigenvalue weighted by molar-refractivity contribution is -0.109. The molecule has 0 amide bonds. The molecule has 0 aromatic heterocycles. The van der Waals surface area contributed by atoms with Crippen molar-refractivity contribution in [2.75, 3.05) is 6.61 Å². The zero-order chi connectivity index (χ0) is 10.7. The molecule has 0 unspecified atom stereocenters. The molecule has 0 spiro atoms. The summed E-state index contributed by atoms with van der Waals surface area (Å²) in [7, 11) is 0. The number of carbonyl (C=O) groups is 1. The van der Waals surface area contributed by atoms with Crippen molar-refractivity contribution >= 4 is 39.6 Å². The van der Waals surface area contributed by atoms with Crippen molar-refractivity contribution in [1.82, 2.24) is 0 Å². The maximum Gasteiger partial charge on any atom is 0.157 e. The first-order valence-corrected chi connectivity index (χ1v) is 5.63. The molecule has 3 heteroatoms. The van der Waals surface area contributed by atoms with E-state index in [2.05, 4.69) is 28.7 Å². The van der Waals surface area contributed by atoms with Gasteiger partial charge in [0, 0.05) is 3.57 Å². The van der Waals surface area contributed by atoms with E-state index in [0.29, 0.717) is 0 Å². The molecule has 0 aliphatic rings. The molecule has 2 nitrogen and oxygen atoms in total. The van der Waals surface area contributed by atoms with Crippen molar-refractivity contribution in [3.8, 4) is 5.75 Å². The first kappa shape index (κ1) is 10.4. The van der Waals surface area contributed by atoms with E-state index in [0.717, 1.165) is 17.4 Å². The fourth-order valence-corrected chi connectivity index (χ4v) is 1.93. The second-order valence-electron chi connectivity index (χ2n) is 3.13. The van der Waals surface area contributed by atoms with E-state index in [1.165, 1.54) is 8.96 Å². The lowest BCUT2D eigenvalue weighted by atomic mass is 10.1. The minimum Gasteiger partial charge on any atom is -0.486 e. The lowest BCUT2D eigenvalue weighted by Gasteiger charge is -2.04. The average Bonchev–Trinajstić information content (AvgIpc) is 2.26. The van der Waals surface area contributed by atoms with Gasteiger partial charge in [-0.15, -0.1) is 0 Å². The van der Waals surface area contributed by atoms with Gasteiger partial charge in [-0.2, -0.15) is 0 Å². The van der Waals surface area contributed by atoms with E-state index in [9.17, 15) is 4.79 Å². The summed E-state index contributed by atoms with van der Waals surface area (Å²) in [4.78, 5) is 10.2. The Morgan fingerprint density at radius 3 is 2.67 bits per heavy atom. The van der Waals surface area contributed by atoms with E-state index >= 15 is 0 Å². The number of hydrogen-bond acceptors (Lipinski definition) is 2. The van der Waals surface area contributed by atoms with Crippen LogP contribution in [0.25, 0.3) is 10.8 Å². The predicted octanol–water partition coefficient (Wildman–Crippen LogP) is 3.02. The highest BCUT2D eigenvalue weighted by Crippen LogP contribution is 2.22. The van der Waals surface area contributed by atoms with E-state index in [4.69, 9.17) is 4.74 Å². The van der Waals surface area contributed by atoms with Crippen molar-refractivity contribution < 1.29 is 9.53 Å². The molecule has 2 aromatic rings. The summed E-state index contributed by atoms with van der Waals surface area (Å²) in [5, 5.41) is 2.30.